The number of nitriles is 1. The van der Waals surface area contributed by atoms with E-state index in [9.17, 15) is 24.8 Å². The summed E-state index contributed by atoms with van der Waals surface area (Å²) in [5.41, 5.74) is 4.30. The molecule has 1 amide bonds. The number of likely N-dealkylation sites (N-methyl/N-ethyl adjacent to an activating group) is 1. The van der Waals surface area contributed by atoms with Crippen molar-refractivity contribution >= 4 is 29.6 Å². The van der Waals surface area contributed by atoms with E-state index in [1.165, 1.54) is 32.7 Å². The number of rotatable bonds is 3. The van der Waals surface area contributed by atoms with Crippen molar-refractivity contribution in [3.05, 3.63) is 39.4 Å². The molecule has 4 bridgehead atoms. The summed E-state index contributed by atoms with van der Waals surface area (Å²) >= 11 is 1.39. The fourth-order valence-corrected chi connectivity index (χ4v) is 9.82. The van der Waals surface area contributed by atoms with E-state index in [1.807, 2.05) is 20.0 Å². The summed E-state index contributed by atoms with van der Waals surface area (Å²) in [5, 5.41) is 24.9. The Labute approximate surface area is 276 Å². The van der Waals surface area contributed by atoms with Gasteiger partial charge in [0.05, 0.1) is 30.5 Å². The molecule has 2 N–H and O–H groups in total. The Kier molecular flexibility index (Phi) is 7.69. The molecule has 2 fully saturated rings. The number of phenols is 1. The van der Waals surface area contributed by atoms with Crippen molar-refractivity contribution < 1.29 is 43.2 Å². The van der Waals surface area contributed by atoms with Crippen LogP contribution < -0.4 is 24.3 Å². The van der Waals surface area contributed by atoms with Crippen molar-refractivity contribution in [3.8, 4) is 34.8 Å². The number of fused-ring (bicyclic) bond motifs is 9. The van der Waals surface area contributed by atoms with E-state index in [1.54, 1.807) is 6.92 Å². The normalized spacial score (nSPS) is 29.0. The van der Waals surface area contributed by atoms with Gasteiger partial charge in [0.1, 0.15) is 24.4 Å². The topological polar surface area (TPSA) is 160 Å². The molecule has 2 saturated heterocycles. The predicted molar refractivity (Wildman–Crippen MR) is 168 cm³/mol. The number of thioether (sulfide) groups is 1. The Hall–Kier alpha value is -4.19. The molecule has 7 rings (SSSR count). The third kappa shape index (κ3) is 4.62. The van der Waals surface area contributed by atoms with Crippen LogP contribution in [0.3, 0.4) is 0 Å². The molecule has 2 aromatic carbocycles. The number of hydrogen-bond acceptors (Lipinski definition) is 13. The lowest BCUT2D eigenvalue weighted by atomic mass is 9.71. The van der Waals surface area contributed by atoms with Crippen LogP contribution in [0.5, 0.6) is 28.7 Å². The van der Waals surface area contributed by atoms with Crippen LogP contribution in [0, 0.1) is 25.2 Å². The van der Waals surface area contributed by atoms with E-state index in [0.717, 1.165) is 11.1 Å². The lowest BCUT2D eigenvalue weighted by Gasteiger charge is -2.61. The Morgan fingerprint density at radius 2 is 1.87 bits per heavy atom. The molecule has 0 saturated carbocycles. The lowest BCUT2D eigenvalue weighted by molar-refractivity contribution is -0.152. The Bertz CT molecular complexity index is 1760. The van der Waals surface area contributed by atoms with Gasteiger partial charge in [-0.1, -0.05) is 6.07 Å². The van der Waals surface area contributed by atoms with E-state index in [2.05, 4.69) is 21.2 Å². The molecule has 0 radical (unpaired) electrons. The van der Waals surface area contributed by atoms with Crippen molar-refractivity contribution in [1.29, 1.82) is 5.26 Å². The van der Waals surface area contributed by atoms with Crippen LogP contribution in [-0.2, 0) is 25.5 Å². The quantitative estimate of drug-likeness (QED) is 0.365. The van der Waals surface area contributed by atoms with E-state index in [-0.39, 0.29) is 36.9 Å². The van der Waals surface area contributed by atoms with Gasteiger partial charge < -0.3 is 34.1 Å². The fourth-order valence-electron chi connectivity index (χ4n) is 8.31. The maximum Gasteiger partial charge on any atom is 0.329 e. The molecular formula is C33H36N4O9S. The van der Waals surface area contributed by atoms with Crippen LogP contribution in [0.25, 0.3) is 0 Å². The summed E-state index contributed by atoms with van der Waals surface area (Å²) in [6, 6.07) is 1.02. The van der Waals surface area contributed by atoms with Crippen molar-refractivity contribution in [2.24, 2.45) is 0 Å². The summed E-state index contributed by atoms with van der Waals surface area (Å²) in [5.74, 6) is 0.248. The highest BCUT2D eigenvalue weighted by atomic mass is 32.2. The molecule has 0 spiro atoms. The highest BCUT2D eigenvalue weighted by Gasteiger charge is 2.60. The van der Waals surface area contributed by atoms with E-state index >= 15 is 0 Å². The second kappa shape index (κ2) is 11.5. The minimum absolute atomic E-state index is 0.0379. The first kappa shape index (κ1) is 31.4. The minimum atomic E-state index is -0.948. The highest BCUT2D eigenvalue weighted by Crippen LogP contribution is 2.64. The van der Waals surface area contributed by atoms with Crippen molar-refractivity contribution in [1.82, 2.24) is 15.1 Å². The van der Waals surface area contributed by atoms with E-state index in [0.29, 0.717) is 51.7 Å². The van der Waals surface area contributed by atoms with Gasteiger partial charge in [0.15, 0.2) is 23.0 Å². The summed E-state index contributed by atoms with van der Waals surface area (Å²) in [7, 11) is 3.48. The van der Waals surface area contributed by atoms with E-state index in [4.69, 9.17) is 23.7 Å². The number of nitrogens with zero attached hydrogens (tertiary/aromatic N) is 3. The zero-order chi connectivity index (χ0) is 33.5. The first-order chi connectivity index (χ1) is 22.5. The van der Waals surface area contributed by atoms with Gasteiger partial charge in [0.2, 0.25) is 12.7 Å². The van der Waals surface area contributed by atoms with Gasteiger partial charge in [-0.25, -0.2) is 4.79 Å². The number of phenolic OH excluding ortho intramolecular Hbond substituents is 1. The largest absolute Gasteiger partial charge is 0.504 e. The molecule has 2 aromatic rings. The van der Waals surface area contributed by atoms with Crippen LogP contribution in [-0.4, -0.2) is 90.2 Å². The second-order valence-electron chi connectivity index (χ2n) is 12.6. The number of nitrogens with one attached hydrogen (secondary N) is 1. The highest BCUT2D eigenvalue weighted by molar-refractivity contribution is 7.99. The number of aryl methyl sites for hydroxylation is 1. The third-order valence-corrected chi connectivity index (χ3v) is 11.4. The van der Waals surface area contributed by atoms with Crippen molar-refractivity contribution in [3.63, 3.8) is 0 Å². The maximum atomic E-state index is 13.4. The maximum absolute atomic E-state index is 13.4. The molecule has 47 heavy (non-hydrogen) atoms. The zero-order valence-corrected chi connectivity index (χ0v) is 27.7. The fraction of sp³-hybridized carbons (Fsp3) is 0.515. The third-order valence-electron chi connectivity index (χ3n) is 10.0. The number of ether oxygens (including phenoxy) is 5. The van der Waals surface area contributed by atoms with Crippen LogP contribution in [0.15, 0.2) is 6.07 Å². The van der Waals surface area contributed by atoms with Gasteiger partial charge >= 0.3 is 11.9 Å². The molecule has 5 aliphatic heterocycles. The summed E-state index contributed by atoms with van der Waals surface area (Å²) in [6.07, 6.45) is 0.494. The first-order valence-electron chi connectivity index (χ1n) is 15.5. The van der Waals surface area contributed by atoms with Gasteiger partial charge in [-0.3, -0.25) is 19.4 Å². The molecule has 0 aromatic heterocycles. The SMILES string of the molecule is COc1c(C)cc2c(c1O)[C@@H]1C3[C@@H]4SC[C@@H](NC(C)=O)C(=O)OC[C@H](c5c6c(c(C)c(OC(C)=O)c54)OCO6)N3[C@@H](C#N)[C@@H](C2)N1C. The lowest BCUT2D eigenvalue weighted by Crippen LogP contribution is -2.69. The van der Waals surface area contributed by atoms with E-state index < -0.39 is 47.4 Å². The number of carbonyl (C=O) groups excluding carboxylic acids is 3. The van der Waals surface area contributed by atoms with Crippen molar-refractivity contribution in [2.75, 3.05) is 33.3 Å². The molecule has 5 aliphatic rings. The molecule has 5 heterocycles. The molecule has 13 nitrogen and oxygen atoms in total. The van der Waals surface area contributed by atoms with Crippen molar-refractivity contribution in [2.45, 2.75) is 75.6 Å². The number of amides is 1. The van der Waals surface area contributed by atoms with Crippen LogP contribution in [0.1, 0.15) is 64.6 Å². The van der Waals surface area contributed by atoms with Crippen LogP contribution >= 0.6 is 11.8 Å². The number of methoxy groups -OCH3 is 1. The number of esters is 2. The molecule has 0 aliphatic carbocycles. The summed E-state index contributed by atoms with van der Waals surface area (Å²) in [4.78, 5) is 42.5. The van der Waals surface area contributed by atoms with Gasteiger partial charge in [0, 0.05) is 53.9 Å². The monoisotopic (exact) mass is 664 g/mol. The average Bonchev–Trinajstić information content (AvgIpc) is 3.50. The number of cyclic esters (lactones) is 1. The Morgan fingerprint density at radius 3 is 2.55 bits per heavy atom. The summed E-state index contributed by atoms with van der Waals surface area (Å²) < 4.78 is 29.6. The molecule has 248 valence electrons. The van der Waals surface area contributed by atoms with Crippen LogP contribution in [0.4, 0.5) is 0 Å². The molecule has 1 unspecified atom stereocenters. The number of aromatic hydroxyl groups is 1. The number of benzene rings is 2. The Balaban J connectivity index is 1.54. The minimum Gasteiger partial charge on any atom is -0.504 e. The predicted octanol–water partition coefficient (Wildman–Crippen LogP) is 2.74. The number of piperazine rings is 1. The average molecular weight is 665 g/mol. The van der Waals surface area contributed by atoms with Gasteiger partial charge in [-0.2, -0.15) is 5.26 Å². The Morgan fingerprint density at radius 1 is 1.13 bits per heavy atom. The van der Waals surface area contributed by atoms with Gasteiger partial charge in [-0.15, -0.1) is 11.8 Å². The summed E-state index contributed by atoms with van der Waals surface area (Å²) in [6.45, 7) is 6.13. The zero-order valence-electron chi connectivity index (χ0n) is 26.9. The second-order valence-corrected chi connectivity index (χ2v) is 13.8. The smallest absolute Gasteiger partial charge is 0.329 e. The number of carbonyl (C=O) groups is 3. The molecule has 7 atom stereocenters. The van der Waals surface area contributed by atoms with Gasteiger partial charge in [0.25, 0.3) is 0 Å². The van der Waals surface area contributed by atoms with Gasteiger partial charge in [-0.05, 0) is 38.4 Å². The molecule has 14 heteroatoms. The standard InChI is InChI=1S/C33H36N4O9S/c1-13-7-17-8-19-20(9-34)37-21-10-43-33(41)18(35-15(3)38)11-47-32(26(37)25(36(19)5)22(17)27(40)28(13)42-6)24-23(21)31-30(44-12-45-31)14(2)29(24)46-16(4)39/h7,18-21,25-26,32,40H,8,10-12H2,1-6H3,(H,35,38)/t18-,19-,20+,21-,25-,26?,32-/m1/s1. The number of hydrogen-bond donors (Lipinski definition) is 2. The first-order valence-corrected chi connectivity index (χ1v) is 16.5. The van der Waals surface area contributed by atoms with Crippen LogP contribution in [0.2, 0.25) is 0 Å². The molecular weight excluding hydrogens is 628 g/mol.